The number of amides is 1. The first-order valence-electron chi connectivity index (χ1n) is 6.63. The quantitative estimate of drug-likeness (QED) is 0.743. The number of nitrogens with two attached hydrogens (primary N) is 2. The van der Waals surface area contributed by atoms with Gasteiger partial charge in [-0.05, 0) is 39.2 Å². The molecule has 1 aliphatic heterocycles. The van der Waals surface area contributed by atoms with Crippen LogP contribution in [0, 0.1) is 5.92 Å². The number of likely N-dealkylation sites (tertiary alicyclic amines) is 1. The monoisotopic (exact) mass is 257 g/mol. The topological polar surface area (TPSA) is 81.6 Å². The van der Waals surface area contributed by atoms with E-state index in [1.807, 2.05) is 0 Å². The molecule has 0 radical (unpaired) electrons. The molecular formula is C13H27N3O2. The molecule has 18 heavy (non-hydrogen) atoms. The summed E-state index contributed by atoms with van der Waals surface area (Å²) in [5, 5.41) is 0. The smallest absolute Gasteiger partial charge is 0.237 e. The van der Waals surface area contributed by atoms with Crippen molar-refractivity contribution in [2.24, 2.45) is 17.4 Å². The van der Waals surface area contributed by atoms with E-state index in [4.69, 9.17) is 16.2 Å². The highest BCUT2D eigenvalue weighted by atomic mass is 16.5. The Kier molecular flexibility index (Phi) is 5.13. The van der Waals surface area contributed by atoms with Gasteiger partial charge in [-0.3, -0.25) is 9.69 Å². The number of piperidine rings is 1. The zero-order valence-corrected chi connectivity index (χ0v) is 12.0. The van der Waals surface area contributed by atoms with Gasteiger partial charge in [-0.15, -0.1) is 0 Å². The third-order valence-corrected chi connectivity index (χ3v) is 4.13. The SMILES string of the molecule is COC1CN(C(C)CC(C)(N)C(N)=O)CCC1C. The van der Waals surface area contributed by atoms with Crippen molar-refractivity contribution < 1.29 is 9.53 Å². The maximum Gasteiger partial charge on any atom is 0.237 e. The van der Waals surface area contributed by atoms with E-state index in [9.17, 15) is 4.79 Å². The number of primary amides is 1. The molecule has 0 bridgehead atoms. The molecule has 0 spiro atoms. The molecule has 1 fully saturated rings. The first kappa shape index (κ1) is 15.4. The van der Waals surface area contributed by atoms with Crippen molar-refractivity contribution in [2.45, 2.75) is 51.3 Å². The van der Waals surface area contributed by atoms with Gasteiger partial charge in [0.05, 0.1) is 11.6 Å². The summed E-state index contributed by atoms with van der Waals surface area (Å²) in [5.74, 6) is 0.141. The predicted molar refractivity (Wildman–Crippen MR) is 72.0 cm³/mol. The molecule has 0 saturated carbocycles. The van der Waals surface area contributed by atoms with Gasteiger partial charge in [0.2, 0.25) is 5.91 Å². The van der Waals surface area contributed by atoms with E-state index >= 15 is 0 Å². The number of nitrogens with zero attached hydrogens (tertiary/aromatic N) is 1. The van der Waals surface area contributed by atoms with Crippen molar-refractivity contribution in [3.63, 3.8) is 0 Å². The summed E-state index contributed by atoms with van der Waals surface area (Å²) in [6, 6.07) is 0.234. The molecule has 1 aliphatic rings. The van der Waals surface area contributed by atoms with E-state index in [-0.39, 0.29) is 12.1 Å². The van der Waals surface area contributed by atoms with Crippen molar-refractivity contribution >= 4 is 5.91 Å². The van der Waals surface area contributed by atoms with Crippen LogP contribution in [0.5, 0.6) is 0 Å². The van der Waals surface area contributed by atoms with Gasteiger partial charge in [0.15, 0.2) is 0 Å². The first-order valence-corrected chi connectivity index (χ1v) is 6.63. The molecule has 0 aromatic carbocycles. The maximum atomic E-state index is 11.3. The fraction of sp³-hybridized carbons (Fsp3) is 0.923. The van der Waals surface area contributed by atoms with Crippen molar-refractivity contribution in [1.29, 1.82) is 0 Å². The summed E-state index contributed by atoms with van der Waals surface area (Å²) in [5.41, 5.74) is 10.3. The molecule has 1 amide bonds. The predicted octanol–water partition coefficient (Wildman–Crippen LogP) is 0.325. The minimum atomic E-state index is -0.939. The molecule has 1 heterocycles. The van der Waals surface area contributed by atoms with Gasteiger partial charge in [0.25, 0.3) is 0 Å². The van der Waals surface area contributed by atoms with Crippen LogP contribution >= 0.6 is 0 Å². The highest BCUT2D eigenvalue weighted by Gasteiger charge is 2.33. The van der Waals surface area contributed by atoms with Crippen LogP contribution in [0.4, 0.5) is 0 Å². The fourth-order valence-corrected chi connectivity index (χ4v) is 2.61. The number of methoxy groups -OCH3 is 1. The lowest BCUT2D eigenvalue weighted by Gasteiger charge is -2.41. The number of rotatable bonds is 5. The lowest BCUT2D eigenvalue weighted by molar-refractivity contribution is -0.123. The molecule has 0 aromatic rings. The van der Waals surface area contributed by atoms with Crippen LogP contribution in [0.1, 0.15) is 33.6 Å². The Morgan fingerprint density at radius 2 is 2.22 bits per heavy atom. The number of hydrogen-bond donors (Lipinski definition) is 2. The summed E-state index contributed by atoms with van der Waals surface area (Å²) >= 11 is 0. The van der Waals surface area contributed by atoms with E-state index in [0.717, 1.165) is 19.5 Å². The molecule has 1 saturated heterocycles. The summed E-state index contributed by atoms with van der Waals surface area (Å²) in [6.45, 7) is 7.93. The van der Waals surface area contributed by atoms with E-state index in [2.05, 4.69) is 18.7 Å². The number of carbonyl (C=O) groups excluding carboxylic acids is 1. The summed E-state index contributed by atoms with van der Waals surface area (Å²) in [4.78, 5) is 13.6. The first-order chi connectivity index (χ1) is 8.27. The molecule has 4 N–H and O–H groups in total. The fourth-order valence-electron chi connectivity index (χ4n) is 2.61. The second-order valence-electron chi connectivity index (χ2n) is 5.87. The summed E-state index contributed by atoms with van der Waals surface area (Å²) in [6.07, 6.45) is 1.95. The van der Waals surface area contributed by atoms with Gasteiger partial charge in [-0.2, -0.15) is 0 Å². The van der Waals surface area contributed by atoms with Gasteiger partial charge in [0, 0.05) is 19.7 Å². The summed E-state index contributed by atoms with van der Waals surface area (Å²) in [7, 11) is 1.76. The zero-order valence-electron chi connectivity index (χ0n) is 12.0. The van der Waals surface area contributed by atoms with Gasteiger partial charge in [-0.25, -0.2) is 0 Å². The Hall–Kier alpha value is -0.650. The standard InChI is InChI=1S/C13H27N3O2/c1-9-5-6-16(8-11(9)18-4)10(2)7-13(3,15)12(14)17/h9-11H,5-8,15H2,1-4H3,(H2,14,17). The Labute approximate surface area is 110 Å². The van der Waals surface area contributed by atoms with Crippen molar-refractivity contribution in [1.82, 2.24) is 4.90 Å². The number of hydrogen-bond acceptors (Lipinski definition) is 4. The Bertz CT molecular complexity index is 294. The summed E-state index contributed by atoms with van der Waals surface area (Å²) < 4.78 is 5.50. The van der Waals surface area contributed by atoms with Crippen LogP contribution in [0.3, 0.4) is 0 Å². The van der Waals surface area contributed by atoms with E-state index in [0.29, 0.717) is 12.3 Å². The van der Waals surface area contributed by atoms with Crippen molar-refractivity contribution in [3.8, 4) is 0 Å². The molecule has 5 nitrogen and oxygen atoms in total. The Morgan fingerprint density at radius 3 is 2.72 bits per heavy atom. The average Bonchev–Trinajstić information content (AvgIpc) is 2.28. The maximum absolute atomic E-state index is 11.3. The Balaban J connectivity index is 2.57. The minimum Gasteiger partial charge on any atom is -0.380 e. The average molecular weight is 257 g/mol. The highest BCUT2D eigenvalue weighted by molar-refractivity contribution is 5.83. The lowest BCUT2D eigenvalue weighted by atomic mass is 9.90. The zero-order chi connectivity index (χ0) is 13.9. The van der Waals surface area contributed by atoms with Gasteiger partial charge in [0.1, 0.15) is 0 Å². The van der Waals surface area contributed by atoms with E-state index in [1.54, 1.807) is 14.0 Å². The van der Waals surface area contributed by atoms with Crippen LogP contribution in [-0.2, 0) is 9.53 Å². The molecule has 106 valence electrons. The molecule has 4 unspecified atom stereocenters. The molecule has 4 atom stereocenters. The van der Waals surface area contributed by atoms with Gasteiger partial charge in [-0.1, -0.05) is 6.92 Å². The van der Waals surface area contributed by atoms with E-state index < -0.39 is 11.4 Å². The van der Waals surface area contributed by atoms with Crippen molar-refractivity contribution in [2.75, 3.05) is 20.2 Å². The second-order valence-corrected chi connectivity index (χ2v) is 5.87. The van der Waals surface area contributed by atoms with Crippen LogP contribution < -0.4 is 11.5 Å². The minimum absolute atomic E-state index is 0.234. The van der Waals surface area contributed by atoms with Gasteiger partial charge >= 0.3 is 0 Å². The van der Waals surface area contributed by atoms with E-state index in [1.165, 1.54) is 0 Å². The van der Waals surface area contributed by atoms with Crippen LogP contribution in [-0.4, -0.2) is 48.7 Å². The lowest BCUT2D eigenvalue weighted by Crippen LogP contribution is -2.55. The third-order valence-electron chi connectivity index (χ3n) is 4.13. The number of ether oxygens (including phenoxy) is 1. The van der Waals surface area contributed by atoms with Crippen LogP contribution in [0.25, 0.3) is 0 Å². The van der Waals surface area contributed by atoms with Crippen LogP contribution in [0.15, 0.2) is 0 Å². The third kappa shape index (κ3) is 3.67. The van der Waals surface area contributed by atoms with Crippen molar-refractivity contribution in [3.05, 3.63) is 0 Å². The largest absolute Gasteiger partial charge is 0.380 e. The highest BCUT2D eigenvalue weighted by Crippen LogP contribution is 2.23. The molecular weight excluding hydrogens is 230 g/mol. The van der Waals surface area contributed by atoms with Gasteiger partial charge < -0.3 is 16.2 Å². The second kappa shape index (κ2) is 5.99. The number of carbonyl (C=O) groups is 1. The normalized spacial score (nSPS) is 30.7. The Morgan fingerprint density at radius 1 is 1.61 bits per heavy atom. The van der Waals surface area contributed by atoms with Crippen LogP contribution in [0.2, 0.25) is 0 Å². The molecule has 0 aliphatic carbocycles. The molecule has 1 rings (SSSR count). The molecule has 5 heteroatoms. The molecule has 0 aromatic heterocycles.